The van der Waals surface area contributed by atoms with Gasteiger partial charge in [-0.15, -0.1) is 0 Å². The highest BCUT2D eigenvalue weighted by Gasteiger charge is 2.15. The van der Waals surface area contributed by atoms with Gasteiger partial charge in [-0.3, -0.25) is 0 Å². The zero-order chi connectivity index (χ0) is 14.1. The summed E-state index contributed by atoms with van der Waals surface area (Å²) < 4.78 is 19.3. The summed E-state index contributed by atoms with van der Waals surface area (Å²) in [4.78, 5) is 4.16. The fourth-order valence-electron chi connectivity index (χ4n) is 1.87. The monoisotopic (exact) mass is 307 g/mol. The summed E-state index contributed by atoms with van der Waals surface area (Å²) in [5, 5.41) is 0.954. The third-order valence-electron chi connectivity index (χ3n) is 2.80. The van der Waals surface area contributed by atoms with Gasteiger partial charge in [0, 0.05) is 5.39 Å². The molecule has 0 aliphatic carbocycles. The summed E-state index contributed by atoms with van der Waals surface area (Å²) in [6, 6.07) is 13.3. The van der Waals surface area contributed by atoms with Crippen LogP contribution in [-0.2, 0) is 0 Å². The van der Waals surface area contributed by atoms with E-state index in [1.807, 2.05) is 12.1 Å². The molecule has 100 valence electrons. The van der Waals surface area contributed by atoms with Crippen molar-refractivity contribution in [3.05, 3.63) is 64.5 Å². The van der Waals surface area contributed by atoms with Crippen LogP contribution in [0.1, 0.15) is 0 Å². The fraction of sp³-hybridized carbons (Fsp3) is 0. The van der Waals surface area contributed by atoms with E-state index in [-0.39, 0.29) is 15.9 Å². The number of fused-ring (bicyclic) bond motifs is 1. The number of pyridine rings is 1. The second-order valence-corrected chi connectivity index (χ2v) is 4.83. The maximum Gasteiger partial charge on any atom is 0.165 e. The van der Waals surface area contributed by atoms with Crippen molar-refractivity contribution in [1.29, 1.82) is 0 Å². The minimum atomic E-state index is -0.472. The van der Waals surface area contributed by atoms with Crippen molar-refractivity contribution in [3.63, 3.8) is 0 Å². The van der Waals surface area contributed by atoms with Crippen LogP contribution in [0, 0.1) is 5.82 Å². The predicted octanol–water partition coefficient (Wildman–Crippen LogP) is 5.47. The summed E-state index contributed by atoms with van der Waals surface area (Å²) in [6.45, 7) is 0. The molecule has 0 saturated carbocycles. The molecule has 0 bridgehead atoms. The van der Waals surface area contributed by atoms with E-state index in [2.05, 4.69) is 4.98 Å². The van der Waals surface area contributed by atoms with Gasteiger partial charge in [-0.1, -0.05) is 47.5 Å². The molecule has 0 radical (unpaired) electrons. The van der Waals surface area contributed by atoms with E-state index >= 15 is 0 Å². The molecule has 3 aromatic rings. The SMILES string of the molecule is Fc1ccccc1Oc1c(Cl)c(Cl)nc2ccccc12. The first-order chi connectivity index (χ1) is 9.66. The van der Waals surface area contributed by atoms with Crippen LogP contribution >= 0.6 is 23.2 Å². The number of aromatic nitrogens is 1. The third kappa shape index (κ3) is 2.30. The second kappa shape index (κ2) is 5.27. The molecule has 0 spiro atoms. The molecule has 3 rings (SSSR count). The Morgan fingerprint density at radius 3 is 2.45 bits per heavy atom. The van der Waals surface area contributed by atoms with Crippen molar-refractivity contribution >= 4 is 34.1 Å². The lowest BCUT2D eigenvalue weighted by Crippen LogP contribution is -1.92. The Hall–Kier alpha value is -1.84. The minimum Gasteiger partial charge on any atom is -0.452 e. The number of halogens is 3. The van der Waals surface area contributed by atoms with Gasteiger partial charge in [-0.2, -0.15) is 0 Å². The number of ether oxygens (including phenoxy) is 1. The molecule has 5 heteroatoms. The smallest absolute Gasteiger partial charge is 0.165 e. The molecular weight excluding hydrogens is 300 g/mol. The normalized spacial score (nSPS) is 10.8. The summed E-state index contributed by atoms with van der Waals surface area (Å²) in [6.07, 6.45) is 0. The molecular formula is C15H8Cl2FNO. The van der Waals surface area contributed by atoms with Gasteiger partial charge in [0.25, 0.3) is 0 Å². The highest BCUT2D eigenvalue weighted by Crippen LogP contribution is 2.40. The van der Waals surface area contributed by atoms with Crippen LogP contribution in [0.4, 0.5) is 4.39 Å². The lowest BCUT2D eigenvalue weighted by molar-refractivity contribution is 0.446. The Labute approximate surface area is 124 Å². The number of nitrogens with zero attached hydrogens (tertiary/aromatic N) is 1. The highest BCUT2D eigenvalue weighted by atomic mass is 35.5. The van der Waals surface area contributed by atoms with Crippen LogP contribution in [0.3, 0.4) is 0 Å². The first-order valence-electron chi connectivity index (χ1n) is 5.83. The van der Waals surface area contributed by atoms with Crippen LogP contribution in [0.5, 0.6) is 11.5 Å². The number of hydrogen-bond donors (Lipinski definition) is 0. The Morgan fingerprint density at radius 1 is 0.950 bits per heavy atom. The summed E-state index contributed by atoms with van der Waals surface area (Å²) in [5.74, 6) is -0.0882. The average Bonchev–Trinajstić information content (AvgIpc) is 2.46. The third-order valence-corrected chi connectivity index (χ3v) is 3.52. The number of benzene rings is 2. The number of hydrogen-bond acceptors (Lipinski definition) is 2. The molecule has 2 aromatic carbocycles. The molecule has 0 amide bonds. The Kier molecular flexibility index (Phi) is 3.47. The fourth-order valence-corrected chi connectivity index (χ4v) is 2.23. The van der Waals surface area contributed by atoms with E-state index < -0.39 is 5.82 Å². The van der Waals surface area contributed by atoms with Crippen molar-refractivity contribution < 1.29 is 9.13 Å². The summed E-state index contributed by atoms with van der Waals surface area (Å²) in [7, 11) is 0. The lowest BCUT2D eigenvalue weighted by Gasteiger charge is -2.12. The minimum absolute atomic E-state index is 0.0850. The first-order valence-corrected chi connectivity index (χ1v) is 6.58. The van der Waals surface area contributed by atoms with Crippen molar-refractivity contribution in [1.82, 2.24) is 4.98 Å². The molecule has 1 heterocycles. The van der Waals surface area contributed by atoms with E-state index in [4.69, 9.17) is 27.9 Å². The van der Waals surface area contributed by atoms with Gasteiger partial charge in [-0.05, 0) is 24.3 Å². The van der Waals surface area contributed by atoms with Crippen molar-refractivity contribution in [3.8, 4) is 11.5 Å². The first kappa shape index (κ1) is 13.2. The van der Waals surface area contributed by atoms with E-state index in [1.165, 1.54) is 12.1 Å². The molecule has 0 saturated heterocycles. The molecule has 0 unspecified atom stereocenters. The van der Waals surface area contributed by atoms with Crippen molar-refractivity contribution in [2.45, 2.75) is 0 Å². The standard InChI is InChI=1S/C15H8Cl2FNO/c16-13-14(20-12-8-4-2-6-10(12)18)9-5-1-3-7-11(9)19-15(13)17/h1-8H. The quantitative estimate of drug-likeness (QED) is 0.585. The molecule has 2 nitrogen and oxygen atoms in total. The van der Waals surface area contributed by atoms with Crippen LogP contribution < -0.4 is 4.74 Å². The highest BCUT2D eigenvalue weighted by molar-refractivity contribution is 6.43. The Bertz CT molecular complexity index is 792. The molecule has 0 aliphatic heterocycles. The maximum absolute atomic E-state index is 13.7. The van der Waals surface area contributed by atoms with Gasteiger partial charge in [0.2, 0.25) is 0 Å². The van der Waals surface area contributed by atoms with Gasteiger partial charge in [0.1, 0.15) is 5.02 Å². The second-order valence-electron chi connectivity index (χ2n) is 4.10. The van der Waals surface area contributed by atoms with Crippen molar-refractivity contribution in [2.75, 3.05) is 0 Å². The van der Waals surface area contributed by atoms with E-state index in [0.29, 0.717) is 16.7 Å². The largest absolute Gasteiger partial charge is 0.452 e. The van der Waals surface area contributed by atoms with Crippen LogP contribution in [0.25, 0.3) is 10.9 Å². The zero-order valence-electron chi connectivity index (χ0n) is 10.1. The van der Waals surface area contributed by atoms with Gasteiger partial charge >= 0.3 is 0 Å². The van der Waals surface area contributed by atoms with Crippen LogP contribution in [0.15, 0.2) is 48.5 Å². The van der Waals surface area contributed by atoms with Gasteiger partial charge < -0.3 is 4.74 Å². The lowest BCUT2D eigenvalue weighted by atomic mass is 10.2. The molecule has 1 aromatic heterocycles. The summed E-state index contributed by atoms with van der Waals surface area (Å²) >= 11 is 12.1. The van der Waals surface area contributed by atoms with Gasteiger partial charge in [0.15, 0.2) is 22.5 Å². The van der Waals surface area contributed by atoms with E-state index in [0.717, 1.165) is 0 Å². The van der Waals surface area contributed by atoms with E-state index in [9.17, 15) is 4.39 Å². The van der Waals surface area contributed by atoms with Crippen molar-refractivity contribution in [2.24, 2.45) is 0 Å². The number of rotatable bonds is 2. The zero-order valence-corrected chi connectivity index (χ0v) is 11.6. The predicted molar refractivity (Wildman–Crippen MR) is 78.2 cm³/mol. The van der Waals surface area contributed by atoms with Gasteiger partial charge in [-0.25, -0.2) is 9.37 Å². The average molecular weight is 308 g/mol. The van der Waals surface area contributed by atoms with Crippen LogP contribution in [-0.4, -0.2) is 4.98 Å². The van der Waals surface area contributed by atoms with Gasteiger partial charge in [0.05, 0.1) is 5.52 Å². The molecule has 20 heavy (non-hydrogen) atoms. The Morgan fingerprint density at radius 2 is 1.65 bits per heavy atom. The maximum atomic E-state index is 13.7. The topological polar surface area (TPSA) is 22.1 Å². The summed E-state index contributed by atoms with van der Waals surface area (Å²) in [5.41, 5.74) is 0.633. The molecule has 0 fully saturated rings. The molecule has 0 N–H and O–H groups in total. The molecule has 0 aliphatic rings. The number of para-hydroxylation sites is 2. The molecule has 0 atom stereocenters. The van der Waals surface area contributed by atoms with Crippen LogP contribution in [0.2, 0.25) is 10.2 Å². The Balaban J connectivity index is 2.20. The van der Waals surface area contributed by atoms with E-state index in [1.54, 1.807) is 24.3 Å².